The summed E-state index contributed by atoms with van der Waals surface area (Å²) in [5.41, 5.74) is 12.9. The van der Waals surface area contributed by atoms with Crippen molar-refractivity contribution in [2.24, 2.45) is 5.73 Å². The summed E-state index contributed by atoms with van der Waals surface area (Å²) in [6.07, 6.45) is 4.31. The van der Waals surface area contributed by atoms with E-state index >= 15 is 0 Å². The molecular formula is C14H25N3O. The lowest BCUT2D eigenvalue weighted by molar-refractivity contribution is -0.0633. The van der Waals surface area contributed by atoms with Crippen molar-refractivity contribution in [1.82, 2.24) is 4.98 Å². The predicted octanol–water partition coefficient (Wildman–Crippen LogP) is 2.13. The van der Waals surface area contributed by atoms with Crippen LogP contribution in [0.15, 0.2) is 18.3 Å². The molecule has 1 unspecified atom stereocenters. The van der Waals surface area contributed by atoms with E-state index in [1.54, 1.807) is 6.20 Å². The van der Waals surface area contributed by atoms with Crippen LogP contribution in [0.3, 0.4) is 0 Å². The van der Waals surface area contributed by atoms with Gasteiger partial charge in [-0.25, -0.2) is 4.98 Å². The van der Waals surface area contributed by atoms with Crippen LogP contribution in [0.25, 0.3) is 0 Å². The molecule has 102 valence electrons. The summed E-state index contributed by atoms with van der Waals surface area (Å²) in [5, 5.41) is 0. The summed E-state index contributed by atoms with van der Waals surface area (Å²) < 4.78 is 5.92. The molecule has 18 heavy (non-hydrogen) atoms. The first kappa shape index (κ1) is 14.9. The molecule has 0 aliphatic carbocycles. The maximum atomic E-state index is 6.36. The Hall–Kier alpha value is -1.13. The van der Waals surface area contributed by atoms with E-state index < -0.39 is 0 Å². The Morgan fingerprint density at radius 2 is 2.00 bits per heavy atom. The third-order valence-corrected chi connectivity index (χ3v) is 3.61. The van der Waals surface area contributed by atoms with Crippen molar-refractivity contribution in [1.29, 1.82) is 0 Å². The highest BCUT2D eigenvalue weighted by Gasteiger charge is 2.33. The van der Waals surface area contributed by atoms with E-state index in [0.717, 1.165) is 24.8 Å². The molecule has 1 heterocycles. The second-order valence-electron chi connectivity index (χ2n) is 4.60. The van der Waals surface area contributed by atoms with Gasteiger partial charge in [0.2, 0.25) is 0 Å². The minimum absolute atomic E-state index is 0.0331. The van der Waals surface area contributed by atoms with Gasteiger partial charge in [-0.05, 0) is 43.9 Å². The van der Waals surface area contributed by atoms with Gasteiger partial charge in [0.25, 0.3) is 0 Å². The fourth-order valence-electron chi connectivity index (χ4n) is 2.43. The number of nitrogens with two attached hydrogens (primary N) is 2. The highest BCUT2D eigenvalue weighted by Crippen LogP contribution is 2.26. The second-order valence-corrected chi connectivity index (χ2v) is 4.60. The van der Waals surface area contributed by atoms with Crippen LogP contribution in [0.4, 0.5) is 5.82 Å². The predicted molar refractivity (Wildman–Crippen MR) is 75.3 cm³/mol. The summed E-state index contributed by atoms with van der Waals surface area (Å²) in [5.74, 6) is 0.537. The molecule has 0 amide bonds. The van der Waals surface area contributed by atoms with Crippen molar-refractivity contribution in [3.8, 4) is 0 Å². The Kier molecular flexibility index (Phi) is 5.56. The molecule has 4 nitrogen and oxygen atoms in total. The fourth-order valence-corrected chi connectivity index (χ4v) is 2.43. The van der Waals surface area contributed by atoms with Gasteiger partial charge in [0.05, 0.1) is 5.60 Å². The Balaban J connectivity index is 2.81. The molecule has 1 atom stereocenters. The van der Waals surface area contributed by atoms with E-state index in [1.807, 2.05) is 19.1 Å². The summed E-state index contributed by atoms with van der Waals surface area (Å²) in [4.78, 5) is 3.99. The molecule has 0 aromatic carbocycles. The molecule has 0 spiro atoms. The van der Waals surface area contributed by atoms with Crippen LogP contribution in [0, 0.1) is 0 Å². The van der Waals surface area contributed by atoms with Crippen LogP contribution < -0.4 is 11.5 Å². The number of ether oxygens (including phenoxy) is 1. The third-order valence-electron chi connectivity index (χ3n) is 3.61. The molecule has 1 aromatic heterocycles. The molecule has 0 radical (unpaired) electrons. The highest BCUT2D eigenvalue weighted by molar-refractivity contribution is 5.32. The minimum atomic E-state index is -0.243. The van der Waals surface area contributed by atoms with Gasteiger partial charge >= 0.3 is 0 Å². The van der Waals surface area contributed by atoms with Crippen molar-refractivity contribution in [3.05, 3.63) is 23.9 Å². The molecule has 1 aromatic rings. The summed E-state index contributed by atoms with van der Waals surface area (Å²) in [6.45, 7) is 6.95. The van der Waals surface area contributed by atoms with Crippen LogP contribution in [-0.4, -0.2) is 23.2 Å². The number of hydrogen-bond donors (Lipinski definition) is 2. The van der Waals surface area contributed by atoms with Gasteiger partial charge in [-0.3, -0.25) is 0 Å². The third kappa shape index (κ3) is 3.43. The first-order chi connectivity index (χ1) is 8.57. The van der Waals surface area contributed by atoms with Gasteiger partial charge in [0.15, 0.2) is 0 Å². The average Bonchev–Trinajstić information content (AvgIpc) is 2.36. The van der Waals surface area contributed by atoms with Crippen molar-refractivity contribution in [2.75, 3.05) is 12.3 Å². The number of pyridine rings is 1. The quantitative estimate of drug-likeness (QED) is 0.778. The van der Waals surface area contributed by atoms with Crippen LogP contribution in [0.1, 0.15) is 39.2 Å². The number of nitrogens with zero attached hydrogens (tertiary/aromatic N) is 1. The van der Waals surface area contributed by atoms with E-state index in [2.05, 4.69) is 18.8 Å². The Morgan fingerprint density at radius 3 is 2.50 bits per heavy atom. The lowest BCUT2D eigenvalue weighted by atomic mass is 9.85. The molecule has 4 N–H and O–H groups in total. The number of anilines is 1. The molecule has 1 rings (SSSR count). The lowest BCUT2D eigenvalue weighted by Gasteiger charge is -2.37. The van der Waals surface area contributed by atoms with Gasteiger partial charge in [-0.1, -0.05) is 13.8 Å². The topological polar surface area (TPSA) is 74.2 Å². The lowest BCUT2D eigenvalue weighted by Crippen LogP contribution is -2.50. The van der Waals surface area contributed by atoms with Crippen LogP contribution >= 0.6 is 0 Å². The molecule has 0 bridgehead atoms. The minimum Gasteiger partial charge on any atom is -0.384 e. The van der Waals surface area contributed by atoms with E-state index in [9.17, 15) is 0 Å². The van der Waals surface area contributed by atoms with Crippen molar-refractivity contribution in [2.45, 2.75) is 51.7 Å². The molecule has 0 aliphatic heterocycles. The van der Waals surface area contributed by atoms with E-state index in [0.29, 0.717) is 12.4 Å². The number of hydrogen-bond acceptors (Lipinski definition) is 4. The molecule has 0 saturated carbocycles. The van der Waals surface area contributed by atoms with Crippen molar-refractivity contribution >= 4 is 5.82 Å². The zero-order valence-corrected chi connectivity index (χ0v) is 11.6. The zero-order chi connectivity index (χ0) is 13.6. The van der Waals surface area contributed by atoms with E-state index in [1.165, 1.54) is 0 Å². The average molecular weight is 251 g/mol. The van der Waals surface area contributed by atoms with Gasteiger partial charge < -0.3 is 16.2 Å². The SMILES string of the molecule is CCOC(CC)(CC)C(N)Cc1ccnc(N)c1. The largest absolute Gasteiger partial charge is 0.384 e. The highest BCUT2D eigenvalue weighted by atomic mass is 16.5. The van der Waals surface area contributed by atoms with E-state index in [4.69, 9.17) is 16.2 Å². The molecule has 0 fully saturated rings. The number of nitrogen functional groups attached to an aromatic ring is 1. The fraction of sp³-hybridized carbons (Fsp3) is 0.643. The zero-order valence-electron chi connectivity index (χ0n) is 11.6. The van der Waals surface area contributed by atoms with Gasteiger partial charge in [0, 0.05) is 18.8 Å². The first-order valence-corrected chi connectivity index (χ1v) is 6.67. The standard InChI is InChI=1S/C14H25N3O/c1-4-14(5-2,18-6-3)12(15)9-11-7-8-17-13(16)10-11/h7-8,10,12H,4-6,9,15H2,1-3H3,(H2,16,17). The molecule has 0 saturated heterocycles. The maximum absolute atomic E-state index is 6.36. The number of rotatable bonds is 7. The first-order valence-electron chi connectivity index (χ1n) is 6.67. The summed E-state index contributed by atoms with van der Waals surface area (Å²) in [6, 6.07) is 3.80. The normalized spacial score (nSPS) is 13.6. The Morgan fingerprint density at radius 1 is 1.33 bits per heavy atom. The Labute approximate surface area is 110 Å². The number of aromatic nitrogens is 1. The van der Waals surface area contributed by atoms with Gasteiger partial charge in [0.1, 0.15) is 5.82 Å². The van der Waals surface area contributed by atoms with Gasteiger partial charge in [-0.15, -0.1) is 0 Å². The summed E-state index contributed by atoms with van der Waals surface area (Å²) >= 11 is 0. The van der Waals surface area contributed by atoms with Crippen LogP contribution in [0.5, 0.6) is 0 Å². The van der Waals surface area contributed by atoms with Crippen molar-refractivity contribution in [3.63, 3.8) is 0 Å². The van der Waals surface area contributed by atoms with E-state index in [-0.39, 0.29) is 11.6 Å². The maximum Gasteiger partial charge on any atom is 0.123 e. The van der Waals surface area contributed by atoms with Crippen molar-refractivity contribution < 1.29 is 4.74 Å². The molecular weight excluding hydrogens is 226 g/mol. The molecule has 0 aliphatic rings. The second kappa shape index (κ2) is 6.71. The van der Waals surface area contributed by atoms with Crippen LogP contribution in [0.2, 0.25) is 0 Å². The summed E-state index contributed by atoms with van der Waals surface area (Å²) in [7, 11) is 0. The van der Waals surface area contributed by atoms with Crippen LogP contribution in [-0.2, 0) is 11.2 Å². The molecule has 4 heteroatoms. The monoisotopic (exact) mass is 251 g/mol. The Bertz CT molecular complexity index is 364. The van der Waals surface area contributed by atoms with Gasteiger partial charge in [-0.2, -0.15) is 0 Å². The smallest absolute Gasteiger partial charge is 0.123 e.